The summed E-state index contributed by atoms with van der Waals surface area (Å²) in [7, 11) is 1.94. The molecule has 0 aromatic rings. The third-order valence-corrected chi connectivity index (χ3v) is 9.36. The quantitative estimate of drug-likeness (QED) is 0.469. The first-order chi connectivity index (χ1) is 14.3. The number of aliphatic hydroxyl groups excluding tert-OH is 1. The number of ether oxygens (including phenoxy) is 1. The minimum absolute atomic E-state index is 0.150. The Hall–Kier alpha value is -0.0800. The average Bonchev–Trinajstić information content (AvgIpc) is 2.58. The van der Waals surface area contributed by atoms with E-state index in [1.165, 1.54) is 32.1 Å². The van der Waals surface area contributed by atoms with Crippen molar-refractivity contribution >= 4 is 0 Å². The van der Waals surface area contributed by atoms with Gasteiger partial charge in [0.1, 0.15) is 0 Å². The lowest BCUT2D eigenvalue weighted by molar-refractivity contribution is -0.114. The Bertz CT molecular complexity index is 546. The molecule has 0 aromatic heterocycles. The van der Waals surface area contributed by atoms with E-state index in [2.05, 4.69) is 83.1 Å². The van der Waals surface area contributed by atoms with E-state index in [-0.39, 0.29) is 27.8 Å². The van der Waals surface area contributed by atoms with Crippen molar-refractivity contribution in [1.29, 1.82) is 0 Å². The first kappa shape index (κ1) is 28.2. The largest absolute Gasteiger partial charge is 0.393 e. The van der Waals surface area contributed by atoms with E-state index in [1.807, 2.05) is 7.11 Å². The second kappa shape index (κ2) is 9.52. The van der Waals surface area contributed by atoms with Crippen LogP contribution in [0.3, 0.4) is 0 Å². The maximum Gasteiger partial charge on any atom is 0.0637 e. The third kappa shape index (κ3) is 6.53. The fourth-order valence-corrected chi connectivity index (χ4v) is 7.35. The second-order valence-corrected chi connectivity index (χ2v) is 16.0. The van der Waals surface area contributed by atoms with Gasteiger partial charge in [0.25, 0.3) is 0 Å². The van der Waals surface area contributed by atoms with Gasteiger partial charge in [-0.25, -0.2) is 0 Å². The van der Waals surface area contributed by atoms with Crippen molar-refractivity contribution in [2.45, 2.75) is 127 Å². The van der Waals surface area contributed by atoms with Crippen molar-refractivity contribution in [3.8, 4) is 0 Å². The van der Waals surface area contributed by atoms with Gasteiger partial charge in [-0.2, -0.15) is 0 Å². The number of hydrogen-bond donors (Lipinski definition) is 1. The van der Waals surface area contributed by atoms with Gasteiger partial charge in [-0.15, -0.1) is 0 Å². The van der Waals surface area contributed by atoms with Crippen LogP contribution >= 0.6 is 0 Å². The fraction of sp³-hybridized carbons (Fsp3) is 1.00. The molecule has 2 rings (SSSR count). The van der Waals surface area contributed by atoms with Gasteiger partial charge in [-0.3, -0.25) is 0 Å². The van der Waals surface area contributed by atoms with Gasteiger partial charge in [-0.1, -0.05) is 83.1 Å². The van der Waals surface area contributed by atoms with Crippen molar-refractivity contribution in [3.05, 3.63) is 0 Å². The summed E-state index contributed by atoms with van der Waals surface area (Å²) < 4.78 is 6.21. The Labute approximate surface area is 201 Å². The first-order valence-electron chi connectivity index (χ1n) is 13.5. The van der Waals surface area contributed by atoms with Crippen molar-refractivity contribution in [2.24, 2.45) is 57.2 Å². The molecule has 2 fully saturated rings. The third-order valence-electron chi connectivity index (χ3n) is 9.36. The van der Waals surface area contributed by atoms with Crippen LogP contribution in [-0.4, -0.2) is 24.4 Å². The summed E-state index contributed by atoms with van der Waals surface area (Å²) >= 11 is 0. The number of hydrogen-bond acceptors (Lipinski definition) is 2. The molecule has 2 heteroatoms. The van der Waals surface area contributed by atoms with Crippen LogP contribution in [0.4, 0.5) is 0 Å². The van der Waals surface area contributed by atoms with Crippen molar-refractivity contribution < 1.29 is 9.84 Å². The molecule has 2 saturated carbocycles. The Balaban J connectivity index is 2.30. The molecule has 0 spiro atoms. The molecule has 0 heterocycles. The zero-order chi connectivity index (χ0) is 24.9. The van der Waals surface area contributed by atoms with Gasteiger partial charge < -0.3 is 9.84 Å². The molecule has 32 heavy (non-hydrogen) atoms. The highest BCUT2D eigenvalue weighted by Crippen LogP contribution is 2.54. The summed E-state index contributed by atoms with van der Waals surface area (Å²) in [6.07, 6.45) is 6.43. The van der Waals surface area contributed by atoms with Crippen LogP contribution in [0.15, 0.2) is 0 Å². The lowest BCUT2D eigenvalue weighted by Crippen LogP contribution is -2.50. The lowest BCUT2D eigenvalue weighted by Gasteiger charge is -2.53. The van der Waals surface area contributed by atoms with Crippen molar-refractivity contribution in [1.82, 2.24) is 0 Å². The maximum absolute atomic E-state index is 11.4. The highest BCUT2D eigenvalue weighted by Gasteiger charge is 2.49. The Morgan fingerprint density at radius 2 is 0.844 bits per heavy atom. The molecule has 0 aromatic carbocycles. The maximum atomic E-state index is 11.4. The standard InChI is InChI=1S/C30H58O2/c1-27(2,3)21-15-19(16-22(25(21)31)28(4,5)6)14-20-17-23(29(7,8)9)26(32-13)24(18-20)30(10,11)12/h19-26,31H,14-18H2,1-13H3. The van der Waals surface area contributed by atoms with Crippen LogP contribution in [0.1, 0.15) is 115 Å². The number of methoxy groups -OCH3 is 1. The van der Waals surface area contributed by atoms with E-state index in [4.69, 9.17) is 4.74 Å². The van der Waals surface area contributed by atoms with Crippen molar-refractivity contribution in [2.75, 3.05) is 7.11 Å². The van der Waals surface area contributed by atoms with Gasteiger partial charge in [0.05, 0.1) is 12.2 Å². The van der Waals surface area contributed by atoms with Gasteiger partial charge in [0, 0.05) is 7.11 Å². The predicted octanol–water partition coefficient (Wildman–Crippen LogP) is 8.22. The molecule has 2 nitrogen and oxygen atoms in total. The minimum atomic E-state index is -0.180. The van der Waals surface area contributed by atoms with Gasteiger partial charge in [-0.05, 0) is 89.3 Å². The second-order valence-electron chi connectivity index (χ2n) is 16.0. The zero-order valence-corrected chi connectivity index (χ0v) is 24.0. The van der Waals surface area contributed by atoms with E-state index in [1.54, 1.807) is 0 Å². The van der Waals surface area contributed by atoms with Crippen LogP contribution in [0.25, 0.3) is 0 Å². The Kier molecular flexibility index (Phi) is 8.38. The monoisotopic (exact) mass is 450 g/mol. The molecular weight excluding hydrogens is 392 g/mol. The van der Waals surface area contributed by atoms with Crippen LogP contribution in [0.5, 0.6) is 0 Å². The summed E-state index contributed by atoms with van der Waals surface area (Å²) in [5, 5.41) is 11.4. The SMILES string of the molecule is COC1C(C(C)(C)C)CC(CC2CC(C(C)(C)C)C(O)C(C(C)(C)C)C2)CC1C(C)(C)C. The molecule has 1 N–H and O–H groups in total. The minimum Gasteiger partial charge on any atom is -0.393 e. The summed E-state index contributed by atoms with van der Waals surface area (Å²) in [5.74, 6) is 3.45. The molecule has 0 amide bonds. The van der Waals surface area contributed by atoms with Crippen LogP contribution in [0.2, 0.25) is 0 Å². The van der Waals surface area contributed by atoms with Crippen LogP contribution < -0.4 is 0 Å². The molecule has 4 atom stereocenters. The van der Waals surface area contributed by atoms with E-state index in [0.717, 1.165) is 11.8 Å². The van der Waals surface area contributed by atoms with Crippen LogP contribution in [-0.2, 0) is 4.74 Å². The molecule has 4 unspecified atom stereocenters. The van der Waals surface area contributed by atoms with Gasteiger partial charge >= 0.3 is 0 Å². The molecule has 0 aliphatic heterocycles. The molecule has 2 aliphatic rings. The highest BCUT2D eigenvalue weighted by molar-refractivity contribution is 4.99. The normalized spacial score (nSPS) is 38.1. The van der Waals surface area contributed by atoms with Crippen LogP contribution in [0, 0.1) is 57.2 Å². The number of rotatable bonds is 3. The molecule has 190 valence electrons. The van der Waals surface area contributed by atoms with Crippen molar-refractivity contribution in [3.63, 3.8) is 0 Å². The topological polar surface area (TPSA) is 29.5 Å². The molecule has 0 saturated heterocycles. The fourth-order valence-electron chi connectivity index (χ4n) is 7.35. The van der Waals surface area contributed by atoms with Gasteiger partial charge in [0.15, 0.2) is 0 Å². The highest BCUT2D eigenvalue weighted by atomic mass is 16.5. The smallest absolute Gasteiger partial charge is 0.0637 e. The number of aliphatic hydroxyl groups is 1. The van der Waals surface area contributed by atoms with E-state index < -0.39 is 0 Å². The zero-order valence-electron chi connectivity index (χ0n) is 24.0. The lowest BCUT2D eigenvalue weighted by atomic mass is 9.55. The van der Waals surface area contributed by atoms with E-state index in [9.17, 15) is 5.11 Å². The molecule has 0 bridgehead atoms. The summed E-state index contributed by atoms with van der Waals surface area (Å²) in [6, 6.07) is 0. The molecular formula is C30H58O2. The Morgan fingerprint density at radius 1 is 0.562 bits per heavy atom. The average molecular weight is 451 g/mol. The molecule has 0 radical (unpaired) electrons. The Morgan fingerprint density at radius 3 is 1.09 bits per heavy atom. The molecule has 2 aliphatic carbocycles. The van der Waals surface area contributed by atoms with Gasteiger partial charge in [0.2, 0.25) is 0 Å². The summed E-state index contributed by atoms with van der Waals surface area (Å²) in [5.41, 5.74) is 0.815. The van der Waals surface area contributed by atoms with E-state index in [0.29, 0.717) is 29.8 Å². The summed E-state index contributed by atoms with van der Waals surface area (Å²) in [6.45, 7) is 28.5. The van der Waals surface area contributed by atoms with E-state index >= 15 is 0 Å². The first-order valence-corrected chi connectivity index (χ1v) is 13.5. The summed E-state index contributed by atoms with van der Waals surface area (Å²) in [4.78, 5) is 0. The predicted molar refractivity (Wildman–Crippen MR) is 139 cm³/mol.